The van der Waals surface area contributed by atoms with Gasteiger partial charge in [0, 0.05) is 13.1 Å². The highest BCUT2D eigenvalue weighted by molar-refractivity contribution is 5.72. The van der Waals surface area contributed by atoms with Crippen molar-refractivity contribution in [3.05, 3.63) is 0 Å². The summed E-state index contributed by atoms with van der Waals surface area (Å²) in [5, 5.41) is 18.0. The van der Waals surface area contributed by atoms with Gasteiger partial charge in [-0.15, -0.1) is 0 Å². The van der Waals surface area contributed by atoms with E-state index in [1.165, 1.54) is 11.8 Å². The van der Waals surface area contributed by atoms with Crippen molar-refractivity contribution in [2.75, 3.05) is 13.1 Å². The molecule has 0 aromatic carbocycles. The number of halogens is 3. The highest BCUT2D eigenvalue weighted by Crippen LogP contribution is 2.38. The Morgan fingerprint density at radius 2 is 1.81 bits per heavy atom. The molecule has 94 valence electrons. The van der Waals surface area contributed by atoms with Crippen LogP contribution in [0.2, 0.25) is 0 Å². The van der Waals surface area contributed by atoms with Gasteiger partial charge in [-0.2, -0.15) is 13.2 Å². The van der Waals surface area contributed by atoms with Crippen LogP contribution in [0.4, 0.5) is 13.2 Å². The first-order chi connectivity index (χ1) is 7.17. The lowest BCUT2D eigenvalue weighted by atomic mass is 9.90. The van der Waals surface area contributed by atoms with Crippen LogP contribution < -0.4 is 0 Å². The molecule has 7 heteroatoms. The van der Waals surface area contributed by atoms with E-state index in [4.69, 9.17) is 5.11 Å². The van der Waals surface area contributed by atoms with Gasteiger partial charge >= 0.3 is 12.1 Å². The van der Waals surface area contributed by atoms with E-state index in [2.05, 4.69) is 0 Å². The first kappa shape index (κ1) is 13.2. The predicted molar refractivity (Wildman–Crippen MR) is 48.9 cm³/mol. The van der Waals surface area contributed by atoms with Gasteiger partial charge in [-0.3, -0.25) is 9.69 Å². The van der Waals surface area contributed by atoms with Crippen molar-refractivity contribution in [3.63, 3.8) is 0 Å². The molecule has 1 fully saturated rings. The summed E-state index contributed by atoms with van der Waals surface area (Å²) >= 11 is 0. The number of rotatable bonds is 2. The Labute approximate surface area is 90.7 Å². The number of hydrogen-bond donors (Lipinski definition) is 2. The van der Waals surface area contributed by atoms with Crippen LogP contribution in [0.5, 0.6) is 0 Å². The number of likely N-dealkylation sites (tertiary alicyclic amines) is 1. The third-order valence-corrected chi connectivity index (χ3v) is 3.06. The molecule has 0 spiro atoms. The van der Waals surface area contributed by atoms with Gasteiger partial charge < -0.3 is 10.2 Å². The summed E-state index contributed by atoms with van der Waals surface area (Å²) in [6.07, 6.45) is -5.60. The largest absolute Gasteiger partial charge is 0.480 e. The Bertz CT molecular complexity index is 272. The van der Waals surface area contributed by atoms with Crippen molar-refractivity contribution in [1.82, 2.24) is 4.90 Å². The van der Waals surface area contributed by atoms with Crippen LogP contribution in [-0.4, -0.2) is 52.0 Å². The number of carbonyl (C=O) groups is 1. The number of alkyl halides is 3. The average molecular weight is 241 g/mol. The molecule has 2 N–H and O–H groups in total. The molecule has 16 heavy (non-hydrogen) atoms. The molecule has 0 unspecified atom stereocenters. The molecule has 1 atom stereocenters. The predicted octanol–water partition coefficient (Wildman–Crippen LogP) is 0.849. The minimum Gasteiger partial charge on any atom is -0.480 e. The third-order valence-electron chi connectivity index (χ3n) is 3.06. The van der Waals surface area contributed by atoms with Gasteiger partial charge in [-0.05, 0) is 19.8 Å². The Hall–Kier alpha value is -0.820. The molecule has 1 aliphatic heterocycles. The zero-order chi connectivity index (χ0) is 12.6. The van der Waals surface area contributed by atoms with Crippen LogP contribution >= 0.6 is 0 Å². The Balaban J connectivity index is 2.61. The lowest BCUT2D eigenvalue weighted by molar-refractivity contribution is -0.273. The van der Waals surface area contributed by atoms with E-state index in [1.54, 1.807) is 0 Å². The zero-order valence-electron chi connectivity index (χ0n) is 8.79. The number of nitrogens with zero attached hydrogens (tertiary/aromatic N) is 1. The number of aliphatic hydroxyl groups is 1. The lowest BCUT2D eigenvalue weighted by Gasteiger charge is -2.40. The maximum atomic E-state index is 12.4. The summed E-state index contributed by atoms with van der Waals surface area (Å²) in [5.74, 6) is -1.07. The molecule has 1 rings (SSSR count). The fraction of sp³-hybridized carbons (Fsp3) is 0.889. The van der Waals surface area contributed by atoms with Crippen molar-refractivity contribution >= 4 is 5.97 Å². The fourth-order valence-electron chi connectivity index (χ4n) is 1.72. The van der Waals surface area contributed by atoms with Crippen LogP contribution in [-0.2, 0) is 4.79 Å². The van der Waals surface area contributed by atoms with Crippen molar-refractivity contribution in [2.45, 2.75) is 37.6 Å². The second-order valence-corrected chi connectivity index (χ2v) is 4.08. The monoisotopic (exact) mass is 241 g/mol. The Morgan fingerprint density at radius 3 is 2.12 bits per heavy atom. The van der Waals surface area contributed by atoms with Crippen LogP contribution in [0, 0.1) is 0 Å². The maximum Gasteiger partial charge on any atom is 0.417 e. The van der Waals surface area contributed by atoms with E-state index in [9.17, 15) is 23.1 Å². The van der Waals surface area contributed by atoms with E-state index in [0.717, 1.165) is 0 Å². The fourth-order valence-corrected chi connectivity index (χ4v) is 1.72. The number of carboxylic acids is 1. The van der Waals surface area contributed by atoms with E-state index in [0.29, 0.717) is 0 Å². The first-order valence-electron chi connectivity index (χ1n) is 4.93. The normalized spacial score (nSPS) is 24.1. The molecule has 0 aromatic heterocycles. The zero-order valence-corrected chi connectivity index (χ0v) is 8.79. The molecule has 0 amide bonds. The molecular formula is C9H14F3NO3. The van der Waals surface area contributed by atoms with Crippen molar-refractivity contribution in [1.29, 1.82) is 0 Å². The van der Waals surface area contributed by atoms with Crippen molar-refractivity contribution in [2.24, 2.45) is 0 Å². The maximum absolute atomic E-state index is 12.4. The van der Waals surface area contributed by atoms with Crippen LogP contribution in [0.25, 0.3) is 0 Å². The molecule has 0 saturated carbocycles. The number of aliphatic carboxylic acids is 1. The molecule has 4 nitrogen and oxygen atoms in total. The Kier molecular flexibility index (Phi) is 3.49. The van der Waals surface area contributed by atoms with E-state index < -0.39 is 36.6 Å². The number of carboxylic acid groups (broad SMARTS) is 1. The standard InChI is InChI=1S/C9H14F3NO3/c1-6(7(14)15)13-4-2-8(16,3-5-13)9(10,11)12/h6,16H,2-5H2,1H3,(H,14,15)/t6-/m1/s1. The summed E-state index contributed by atoms with van der Waals surface area (Å²) < 4.78 is 37.3. The highest BCUT2D eigenvalue weighted by atomic mass is 19.4. The summed E-state index contributed by atoms with van der Waals surface area (Å²) in [6, 6.07) is -0.821. The first-order valence-corrected chi connectivity index (χ1v) is 4.93. The topological polar surface area (TPSA) is 60.8 Å². The van der Waals surface area contributed by atoms with Gasteiger partial charge in [-0.25, -0.2) is 0 Å². The highest BCUT2D eigenvalue weighted by Gasteiger charge is 2.54. The number of hydrogen-bond acceptors (Lipinski definition) is 3. The molecule has 0 bridgehead atoms. The van der Waals surface area contributed by atoms with Gasteiger partial charge in [0.25, 0.3) is 0 Å². The van der Waals surface area contributed by atoms with Crippen molar-refractivity contribution < 1.29 is 28.2 Å². The van der Waals surface area contributed by atoms with Crippen LogP contribution in [0.3, 0.4) is 0 Å². The van der Waals surface area contributed by atoms with E-state index >= 15 is 0 Å². The molecule has 0 aliphatic carbocycles. The summed E-state index contributed by atoms with van der Waals surface area (Å²) in [7, 11) is 0. The second kappa shape index (κ2) is 4.21. The molecule has 1 saturated heterocycles. The van der Waals surface area contributed by atoms with Crippen LogP contribution in [0.15, 0.2) is 0 Å². The second-order valence-electron chi connectivity index (χ2n) is 4.08. The summed E-state index contributed by atoms with van der Waals surface area (Å²) in [5.41, 5.74) is -2.66. The third kappa shape index (κ3) is 2.46. The SMILES string of the molecule is C[C@H](C(=O)O)N1CCC(O)(C(F)(F)F)CC1. The Morgan fingerprint density at radius 1 is 1.38 bits per heavy atom. The van der Waals surface area contributed by atoms with Crippen LogP contribution in [0.1, 0.15) is 19.8 Å². The minimum absolute atomic E-state index is 0.0660. The lowest BCUT2D eigenvalue weighted by Crippen LogP contribution is -2.55. The quantitative estimate of drug-likeness (QED) is 0.752. The summed E-state index contributed by atoms with van der Waals surface area (Å²) in [6.45, 7) is 1.28. The van der Waals surface area contributed by atoms with E-state index in [-0.39, 0.29) is 13.1 Å². The molecule has 0 aromatic rings. The van der Waals surface area contributed by atoms with Gasteiger partial charge in [0.15, 0.2) is 5.60 Å². The minimum atomic E-state index is -4.65. The smallest absolute Gasteiger partial charge is 0.417 e. The average Bonchev–Trinajstić information content (AvgIpc) is 2.16. The molecule has 1 heterocycles. The number of piperidine rings is 1. The molecular weight excluding hydrogens is 227 g/mol. The molecule has 0 radical (unpaired) electrons. The van der Waals surface area contributed by atoms with Crippen molar-refractivity contribution in [3.8, 4) is 0 Å². The molecule has 1 aliphatic rings. The van der Waals surface area contributed by atoms with Gasteiger partial charge in [0.05, 0.1) is 0 Å². The van der Waals surface area contributed by atoms with Gasteiger partial charge in [0.1, 0.15) is 6.04 Å². The van der Waals surface area contributed by atoms with Gasteiger partial charge in [-0.1, -0.05) is 0 Å². The summed E-state index contributed by atoms with van der Waals surface area (Å²) in [4.78, 5) is 12.0. The van der Waals surface area contributed by atoms with Gasteiger partial charge in [0.2, 0.25) is 0 Å². The van der Waals surface area contributed by atoms with E-state index in [1.807, 2.05) is 0 Å².